The van der Waals surface area contributed by atoms with E-state index < -0.39 is 5.82 Å². The lowest BCUT2D eigenvalue weighted by Gasteiger charge is -2.11. The second-order valence-electron chi connectivity index (χ2n) is 5.56. The quantitative estimate of drug-likeness (QED) is 0.614. The monoisotopic (exact) mass is 388 g/mol. The third-order valence-corrected chi connectivity index (χ3v) is 4.04. The van der Waals surface area contributed by atoms with Gasteiger partial charge in [-0.05, 0) is 42.0 Å². The van der Waals surface area contributed by atoms with Crippen LogP contribution in [0.2, 0.25) is 5.02 Å². The van der Waals surface area contributed by atoms with Gasteiger partial charge in [0.05, 0.1) is 19.2 Å². The summed E-state index contributed by atoms with van der Waals surface area (Å²) in [5, 5.41) is 6.26. The molecule has 0 aliphatic rings. The molecule has 0 saturated carbocycles. The van der Waals surface area contributed by atoms with Gasteiger partial charge in [0.15, 0.2) is 11.5 Å². The van der Waals surface area contributed by atoms with Crippen molar-refractivity contribution in [2.45, 2.75) is 6.54 Å². The number of hydrogen-bond donors (Lipinski definition) is 2. The van der Waals surface area contributed by atoms with Crippen LogP contribution >= 0.6 is 11.6 Å². The average Bonchev–Trinajstić information content (AvgIpc) is 2.69. The molecule has 2 N–H and O–H groups in total. The standard InChI is InChI=1S/C19H18ClFN4O2/c1-26-16-6-3-12(9-17(16)27-2)11-23-19-22-8-7-18(25-19)24-13-4-5-15(21)14(20)10-13/h3-10H,11H2,1-2H3,(H2,22,23,24,25). The van der Waals surface area contributed by atoms with Gasteiger partial charge in [0, 0.05) is 18.4 Å². The molecule has 0 unspecified atom stereocenters. The molecule has 0 saturated heterocycles. The second-order valence-corrected chi connectivity index (χ2v) is 5.97. The van der Waals surface area contributed by atoms with Gasteiger partial charge < -0.3 is 20.1 Å². The highest BCUT2D eigenvalue weighted by Gasteiger charge is 2.06. The summed E-state index contributed by atoms with van der Waals surface area (Å²) in [5.74, 6) is 1.86. The van der Waals surface area contributed by atoms with Crippen LogP contribution in [0.25, 0.3) is 0 Å². The Labute approximate surface area is 161 Å². The highest BCUT2D eigenvalue weighted by Crippen LogP contribution is 2.28. The zero-order chi connectivity index (χ0) is 19.2. The molecule has 2 aromatic carbocycles. The molecular weight excluding hydrogens is 371 g/mol. The maximum Gasteiger partial charge on any atom is 0.224 e. The van der Waals surface area contributed by atoms with Gasteiger partial charge in [0.25, 0.3) is 0 Å². The first-order valence-electron chi connectivity index (χ1n) is 8.09. The summed E-state index contributed by atoms with van der Waals surface area (Å²) in [6, 6.07) is 11.7. The number of anilines is 3. The fourth-order valence-corrected chi connectivity index (χ4v) is 2.59. The van der Waals surface area contributed by atoms with Crippen molar-refractivity contribution in [2.75, 3.05) is 24.9 Å². The van der Waals surface area contributed by atoms with Crippen LogP contribution in [0.3, 0.4) is 0 Å². The lowest BCUT2D eigenvalue weighted by atomic mass is 10.2. The van der Waals surface area contributed by atoms with Crippen molar-refractivity contribution in [3.8, 4) is 11.5 Å². The van der Waals surface area contributed by atoms with E-state index in [0.29, 0.717) is 35.5 Å². The van der Waals surface area contributed by atoms with Gasteiger partial charge in [0.2, 0.25) is 5.95 Å². The Morgan fingerprint density at radius 1 is 1.04 bits per heavy atom. The molecule has 1 aromatic heterocycles. The third kappa shape index (κ3) is 4.77. The van der Waals surface area contributed by atoms with E-state index in [1.165, 1.54) is 12.1 Å². The summed E-state index contributed by atoms with van der Waals surface area (Å²) >= 11 is 5.80. The number of methoxy groups -OCH3 is 2. The smallest absolute Gasteiger partial charge is 0.224 e. The molecule has 0 aliphatic heterocycles. The van der Waals surface area contributed by atoms with Crippen LogP contribution in [0.4, 0.5) is 21.8 Å². The van der Waals surface area contributed by atoms with Gasteiger partial charge in [-0.3, -0.25) is 0 Å². The molecule has 140 valence electrons. The number of ether oxygens (including phenoxy) is 2. The highest BCUT2D eigenvalue weighted by molar-refractivity contribution is 6.31. The average molecular weight is 389 g/mol. The van der Waals surface area contributed by atoms with E-state index in [-0.39, 0.29) is 5.02 Å². The van der Waals surface area contributed by atoms with Crippen molar-refractivity contribution >= 4 is 29.1 Å². The molecule has 8 heteroatoms. The predicted molar refractivity (Wildman–Crippen MR) is 104 cm³/mol. The van der Waals surface area contributed by atoms with E-state index in [9.17, 15) is 4.39 Å². The Kier molecular flexibility index (Phi) is 5.93. The largest absolute Gasteiger partial charge is 0.493 e. The molecule has 0 atom stereocenters. The van der Waals surface area contributed by atoms with Crippen molar-refractivity contribution in [1.29, 1.82) is 0 Å². The zero-order valence-electron chi connectivity index (χ0n) is 14.8. The fourth-order valence-electron chi connectivity index (χ4n) is 2.41. The third-order valence-electron chi connectivity index (χ3n) is 3.75. The summed E-state index contributed by atoms with van der Waals surface area (Å²) in [6.45, 7) is 0.506. The number of halogens is 2. The lowest BCUT2D eigenvalue weighted by Crippen LogP contribution is -2.05. The first-order chi connectivity index (χ1) is 13.1. The Morgan fingerprint density at radius 2 is 1.85 bits per heavy atom. The molecule has 27 heavy (non-hydrogen) atoms. The molecule has 3 rings (SSSR count). The van der Waals surface area contributed by atoms with Gasteiger partial charge in [-0.1, -0.05) is 17.7 Å². The molecule has 6 nitrogen and oxygen atoms in total. The van der Waals surface area contributed by atoms with E-state index >= 15 is 0 Å². The van der Waals surface area contributed by atoms with E-state index in [1.807, 2.05) is 18.2 Å². The van der Waals surface area contributed by atoms with Gasteiger partial charge in [0.1, 0.15) is 11.6 Å². The number of nitrogens with one attached hydrogen (secondary N) is 2. The number of aromatic nitrogens is 2. The maximum absolute atomic E-state index is 13.3. The van der Waals surface area contributed by atoms with Crippen LogP contribution < -0.4 is 20.1 Å². The normalized spacial score (nSPS) is 10.4. The molecule has 0 amide bonds. The van der Waals surface area contributed by atoms with Crippen LogP contribution in [-0.2, 0) is 6.54 Å². The summed E-state index contributed by atoms with van der Waals surface area (Å²) in [4.78, 5) is 8.59. The van der Waals surface area contributed by atoms with Crippen molar-refractivity contribution in [3.05, 3.63) is 65.1 Å². The lowest BCUT2D eigenvalue weighted by molar-refractivity contribution is 0.354. The molecule has 0 bridgehead atoms. The minimum absolute atomic E-state index is 0.0425. The zero-order valence-corrected chi connectivity index (χ0v) is 15.5. The predicted octanol–water partition coefficient (Wildman–Crippen LogP) is 4.64. The maximum atomic E-state index is 13.3. The number of benzene rings is 2. The fraction of sp³-hybridized carbons (Fsp3) is 0.158. The molecule has 0 spiro atoms. The Balaban J connectivity index is 1.68. The van der Waals surface area contributed by atoms with Crippen LogP contribution in [-0.4, -0.2) is 24.2 Å². The Hall–Kier alpha value is -3.06. The van der Waals surface area contributed by atoms with Crippen LogP contribution in [0.1, 0.15) is 5.56 Å². The number of nitrogens with zero attached hydrogens (tertiary/aromatic N) is 2. The van der Waals surface area contributed by atoms with E-state index in [0.717, 1.165) is 5.56 Å². The SMILES string of the molecule is COc1ccc(CNc2nccc(Nc3ccc(F)c(Cl)c3)n2)cc1OC. The molecule has 3 aromatic rings. The highest BCUT2D eigenvalue weighted by atomic mass is 35.5. The van der Waals surface area contributed by atoms with E-state index in [4.69, 9.17) is 21.1 Å². The molecule has 1 heterocycles. The van der Waals surface area contributed by atoms with E-state index in [1.54, 1.807) is 32.5 Å². The summed E-state index contributed by atoms with van der Waals surface area (Å²) in [7, 11) is 3.19. The summed E-state index contributed by atoms with van der Waals surface area (Å²) in [5.41, 5.74) is 1.62. The van der Waals surface area contributed by atoms with Gasteiger partial charge in [-0.15, -0.1) is 0 Å². The number of rotatable bonds is 7. The van der Waals surface area contributed by atoms with E-state index in [2.05, 4.69) is 20.6 Å². The molecule has 0 aliphatic carbocycles. The van der Waals surface area contributed by atoms with Gasteiger partial charge in [-0.25, -0.2) is 9.37 Å². The summed E-state index contributed by atoms with van der Waals surface area (Å²) in [6.07, 6.45) is 1.62. The molecule has 0 radical (unpaired) electrons. The second kappa shape index (κ2) is 8.55. The first-order valence-corrected chi connectivity index (χ1v) is 8.46. The summed E-state index contributed by atoms with van der Waals surface area (Å²) < 4.78 is 23.8. The van der Waals surface area contributed by atoms with Crippen LogP contribution in [0.5, 0.6) is 11.5 Å². The van der Waals surface area contributed by atoms with Crippen molar-refractivity contribution in [1.82, 2.24) is 9.97 Å². The Morgan fingerprint density at radius 3 is 2.59 bits per heavy atom. The van der Waals surface area contributed by atoms with Crippen molar-refractivity contribution < 1.29 is 13.9 Å². The van der Waals surface area contributed by atoms with Gasteiger partial charge in [-0.2, -0.15) is 4.98 Å². The minimum Gasteiger partial charge on any atom is -0.493 e. The van der Waals surface area contributed by atoms with Crippen molar-refractivity contribution in [2.24, 2.45) is 0 Å². The first kappa shape index (κ1) is 18.7. The molecule has 0 fully saturated rings. The van der Waals surface area contributed by atoms with Crippen LogP contribution in [0, 0.1) is 5.82 Å². The topological polar surface area (TPSA) is 68.3 Å². The minimum atomic E-state index is -0.470. The number of hydrogen-bond acceptors (Lipinski definition) is 6. The van der Waals surface area contributed by atoms with Gasteiger partial charge >= 0.3 is 0 Å². The van der Waals surface area contributed by atoms with Crippen molar-refractivity contribution in [3.63, 3.8) is 0 Å². The molecular formula is C19H18ClFN4O2. The Bertz CT molecular complexity index is 939. The van der Waals surface area contributed by atoms with Crippen LogP contribution in [0.15, 0.2) is 48.7 Å².